The fourth-order valence-corrected chi connectivity index (χ4v) is 4.52. The van der Waals surface area contributed by atoms with E-state index in [0.29, 0.717) is 0 Å². The molecule has 39 heavy (non-hydrogen) atoms. The van der Waals surface area contributed by atoms with E-state index in [1.165, 1.54) is 17.0 Å². The predicted octanol–water partition coefficient (Wildman–Crippen LogP) is 5.34. The number of likely N-dealkylation sites (N-methyl/N-ethyl adjacent to an activating group) is 1. The molecule has 3 unspecified atom stereocenters. The van der Waals surface area contributed by atoms with Crippen LogP contribution in [0.25, 0.3) is 0 Å². The summed E-state index contributed by atoms with van der Waals surface area (Å²) in [7, 11) is 0. The number of phenols is 1. The number of carbonyl (C=O) groups excluding carboxylic acids is 3. The molecule has 0 aromatic heterocycles. The van der Waals surface area contributed by atoms with Crippen LogP contribution in [0.3, 0.4) is 0 Å². The Morgan fingerprint density at radius 1 is 1.00 bits per heavy atom. The molecule has 2 rings (SSSR count). The van der Waals surface area contributed by atoms with Gasteiger partial charge in [-0.3, -0.25) is 9.59 Å². The highest BCUT2D eigenvalue weighted by atomic mass is 16.6. The Kier molecular flexibility index (Phi) is 11.4. The molecular formula is C31H45N3O5. The summed E-state index contributed by atoms with van der Waals surface area (Å²) in [6.07, 6.45) is 1.16. The second-order valence-electron chi connectivity index (χ2n) is 11.2. The van der Waals surface area contributed by atoms with Crippen LogP contribution in [0.5, 0.6) is 5.75 Å². The lowest BCUT2D eigenvalue weighted by atomic mass is 9.95. The molecule has 3 atom stereocenters. The van der Waals surface area contributed by atoms with Crippen molar-refractivity contribution in [3.05, 3.63) is 64.7 Å². The van der Waals surface area contributed by atoms with E-state index >= 15 is 0 Å². The number of benzene rings is 2. The Hall–Kier alpha value is -3.55. The fraction of sp³-hybridized carbons (Fsp3) is 0.516. The molecule has 0 saturated heterocycles. The number of amides is 3. The Labute approximate surface area is 233 Å². The second-order valence-corrected chi connectivity index (χ2v) is 11.2. The van der Waals surface area contributed by atoms with Crippen molar-refractivity contribution in [2.24, 2.45) is 0 Å². The van der Waals surface area contributed by atoms with Crippen LogP contribution in [0, 0.1) is 13.8 Å². The van der Waals surface area contributed by atoms with E-state index in [4.69, 9.17) is 4.74 Å². The largest absolute Gasteiger partial charge is 0.508 e. The summed E-state index contributed by atoms with van der Waals surface area (Å²) in [4.78, 5) is 42.3. The summed E-state index contributed by atoms with van der Waals surface area (Å²) in [5.41, 5.74) is 2.60. The summed E-state index contributed by atoms with van der Waals surface area (Å²) in [5.74, 6) is -0.564. The minimum atomic E-state index is -1.00. The predicted molar refractivity (Wildman–Crippen MR) is 154 cm³/mol. The van der Waals surface area contributed by atoms with Gasteiger partial charge in [-0.15, -0.1) is 0 Å². The van der Waals surface area contributed by atoms with E-state index in [1.807, 2.05) is 45.9 Å². The molecule has 0 aliphatic carbocycles. The lowest BCUT2D eigenvalue weighted by Crippen LogP contribution is -2.54. The Bertz CT molecular complexity index is 1120. The molecule has 0 aliphatic rings. The van der Waals surface area contributed by atoms with Gasteiger partial charge >= 0.3 is 6.09 Å². The standard InChI is InChI=1S/C31H45N3O5/c1-9-11-22(5)32-28(36)27(25-18-20(3)12-13-21(25)4)34(10-2)29(37)26(33-30(38)39-31(6,7)8)19-23-14-16-24(35)17-15-23/h12-18,22,26-27,35H,9-11,19H2,1-8H3,(H,32,36)(H,33,38). The minimum absolute atomic E-state index is 0.0587. The van der Waals surface area contributed by atoms with Gasteiger partial charge in [-0.2, -0.15) is 0 Å². The zero-order valence-electron chi connectivity index (χ0n) is 24.6. The monoisotopic (exact) mass is 539 g/mol. The lowest BCUT2D eigenvalue weighted by molar-refractivity contribution is -0.142. The van der Waals surface area contributed by atoms with Gasteiger partial charge in [-0.05, 0) is 83.7 Å². The van der Waals surface area contributed by atoms with Gasteiger partial charge in [0.15, 0.2) is 0 Å². The van der Waals surface area contributed by atoms with Crippen LogP contribution in [0.1, 0.15) is 82.7 Å². The molecular weight excluding hydrogens is 494 g/mol. The average molecular weight is 540 g/mol. The SMILES string of the molecule is CCCC(C)NC(=O)C(c1cc(C)ccc1C)N(CC)C(=O)C(Cc1ccc(O)cc1)NC(=O)OC(C)(C)C. The molecule has 0 heterocycles. The van der Waals surface area contributed by atoms with E-state index in [1.54, 1.807) is 32.9 Å². The number of rotatable bonds is 11. The molecule has 8 heteroatoms. The molecule has 0 bridgehead atoms. The van der Waals surface area contributed by atoms with Gasteiger partial charge in [0.05, 0.1) is 0 Å². The molecule has 3 amide bonds. The minimum Gasteiger partial charge on any atom is -0.508 e. The maximum atomic E-state index is 14.2. The van der Waals surface area contributed by atoms with Crippen LogP contribution in [0.15, 0.2) is 42.5 Å². The third-order valence-corrected chi connectivity index (χ3v) is 6.39. The number of nitrogens with zero attached hydrogens (tertiary/aromatic N) is 1. The van der Waals surface area contributed by atoms with E-state index < -0.39 is 29.7 Å². The van der Waals surface area contributed by atoms with Crippen molar-refractivity contribution in [2.45, 2.75) is 98.4 Å². The van der Waals surface area contributed by atoms with E-state index in [9.17, 15) is 19.5 Å². The van der Waals surface area contributed by atoms with Crippen molar-refractivity contribution < 1.29 is 24.2 Å². The first-order valence-corrected chi connectivity index (χ1v) is 13.7. The van der Waals surface area contributed by atoms with Crippen molar-refractivity contribution >= 4 is 17.9 Å². The van der Waals surface area contributed by atoms with Crippen LogP contribution in [0.4, 0.5) is 4.79 Å². The zero-order chi connectivity index (χ0) is 29.3. The molecule has 8 nitrogen and oxygen atoms in total. The maximum absolute atomic E-state index is 14.2. The molecule has 2 aromatic rings. The van der Waals surface area contributed by atoms with Crippen LogP contribution in [-0.4, -0.2) is 52.1 Å². The average Bonchev–Trinajstić information content (AvgIpc) is 2.83. The normalized spacial score (nSPS) is 13.6. The van der Waals surface area contributed by atoms with Gasteiger partial charge in [-0.25, -0.2) is 4.79 Å². The Morgan fingerprint density at radius 2 is 1.64 bits per heavy atom. The molecule has 3 N–H and O–H groups in total. The smallest absolute Gasteiger partial charge is 0.408 e. The molecule has 0 spiro atoms. The third kappa shape index (κ3) is 9.61. The molecule has 2 aromatic carbocycles. The van der Waals surface area contributed by atoms with Gasteiger partial charge in [0.1, 0.15) is 23.4 Å². The summed E-state index contributed by atoms with van der Waals surface area (Å²) in [5, 5.41) is 15.5. The number of ether oxygens (including phenoxy) is 1. The topological polar surface area (TPSA) is 108 Å². The Balaban J connectivity index is 2.53. The summed E-state index contributed by atoms with van der Waals surface area (Å²) in [6, 6.07) is 10.4. The van der Waals surface area contributed by atoms with Crippen molar-refractivity contribution in [1.82, 2.24) is 15.5 Å². The number of hydrogen-bond acceptors (Lipinski definition) is 5. The van der Waals surface area contributed by atoms with Crippen molar-refractivity contribution in [3.63, 3.8) is 0 Å². The zero-order valence-corrected chi connectivity index (χ0v) is 24.6. The summed E-state index contributed by atoms with van der Waals surface area (Å²) >= 11 is 0. The van der Waals surface area contributed by atoms with E-state index in [-0.39, 0.29) is 30.7 Å². The maximum Gasteiger partial charge on any atom is 0.408 e. The van der Waals surface area contributed by atoms with Crippen LogP contribution in [-0.2, 0) is 20.7 Å². The number of alkyl carbamates (subject to hydrolysis) is 1. The van der Waals surface area contributed by atoms with Gasteiger partial charge in [0.2, 0.25) is 11.8 Å². The quantitative estimate of drug-likeness (QED) is 0.357. The lowest BCUT2D eigenvalue weighted by Gasteiger charge is -2.35. The van der Waals surface area contributed by atoms with Crippen LogP contribution < -0.4 is 10.6 Å². The molecule has 214 valence electrons. The highest BCUT2D eigenvalue weighted by Crippen LogP contribution is 2.27. The summed E-state index contributed by atoms with van der Waals surface area (Å²) < 4.78 is 5.46. The van der Waals surface area contributed by atoms with E-state index in [2.05, 4.69) is 17.6 Å². The second kappa shape index (κ2) is 14.0. The van der Waals surface area contributed by atoms with Gasteiger partial charge in [0.25, 0.3) is 0 Å². The van der Waals surface area contributed by atoms with Gasteiger partial charge in [-0.1, -0.05) is 49.2 Å². The molecule has 0 radical (unpaired) electrons. The summed E-state index contributed by atoms with van der Waals surface area (Å²) in [6.45, 7) is 15.2. The van der Waals surface area contributed by atoms with Crippen molar-refractivity contribution in [2.75, 3.05) is 6.54 Å². The molecule has 0 fully saturated rings. The van der Waals surface area contributed by atoms with Crippen molar-refractivity contribution in [3.8, 4) is 5.75 Å². The van der Waals surface area contributed by atoms with Gasteiger partial charge < -0.3 is 25.4 Å². The van der Waals surface area contributed by atoms with Crippen LogP contribution >= 0.6 is 0 Å². The highest BCUT2D eigenvalue weighted by molar-refractivity contribution is 5.92. The van der Waals surface area contributed by atoms with Crippen LogP contribution in [0.2, 0.25) is 0 Å². The third-order valence-electron chi connectivity index (χ3n) is 6.39. The number of nitrogens with one attached hydrogen (secondary N) is 2. The van der Waals surface area contributed by atoms with Crippen molar-refractivity contribution in [1.29, 1.82) is 0 Å². The number of carbonyl (C=O) groups is 3. The number of aryl methyl sites for hydroxylation is 2. The Morgan fingerprint density at radius 3 is 2.21 bits per heavy atom. The number of aromatic hydroxyl groups is 1. The van der Waals surface area contributed by atoms with Gasteiger partial charge in [0, 0.05) is 19.0 Å². The number of phenolic OH excluding ortho intramolecular Hbond substituents is 1. The molecule has 0 saturated carbocycles. The highest BCUT2D eigenvalue weighted by Gasteiger charge is 2.36. The number of hydrogen-bond donors (Lipinski definition) is 3. The van der Waals surface area contributed by atoms with E-state index in [0.717, 1.165) is 35.1 Å². The first-order valence-electron chi connectivity index (χ1n) is 13.7. The first kappa shape index (κ1) is 31.7. The molecule has 0 aliphatic heterocycles. The fourth-order valence-electron chi connectivity index (χ4n) is 4.52. The first-order chi connectivity index (χ1) is 18.2.